The van der Waals surface area contributed by atoms with Gasteiger partial charge in [-0.3, -0.25) is 5.32 Å². The van der Waals surface area contributed by atoms with E-state index in [4.69, 9.17) is 4.74 Å². The molecule has 0 saturated heterocycles. The van der Waals surface area contributed by atoms with Gasteiger partial charge < -0.3 is 9.30 Å². The summed E-state index contributed by atoms with van der Waals surface area (Å²) in [7, 11) is 0. The van der Waals surface area contributed by atoms with Crippen LogP contribution in [-0.4, -0.2) is 27.2 Å². The van der Waals surface area contributed by atoms with Gasteiger partial charge in [-0.15, -0.1) is 0 Å². The third-order valence-electron chi connectivity index (χ3n) is 4.22. The van der Waals surface area contributed by atoms with Gasteiger partial charge in [0.1, 0.15) is 5.52 Å². The molecule has 1 N–H and O–H groups in total. The summed E-state index contributed by atoms with van der Waals surface area (Å²) in [6.45, 7) is 7.72. The Labute approximate surface area is 153 Å². The number of unbranched alkanes of at least 4 members (excludes halogenated alkanes) is 2. The Balaban J connectivity index is 1.94. The van der Waals surface area contributed by atoms with Crippen molar-refractivity contribution in [2.75, 3.05) is 11.9 Å². The van der Waals surface area contributed by atoms with Gasteiger partial charge in [-0.2, -0.15) is 0 Å². The minimum Gasteiger partial charge on any atom is -0.449 e. The molecule has 0 radical (unpaired) electrons. The second kappa shape index (κ2) is 8.17. The van der Waals surface area contributed by atoms with E-state index in [0.29, 0.717) is 23.9 Å². The molecule has 138 valence electrons. The lowest BCUT2D eigenvalue weighted by Crippen LogP contribution is -2.16. The van der Waals surface area contributed by atoms with Crippen LogP contribution in [0.2, 0.25) is 0 Å². The Morgan fingerprint density at radius 3 is 2.85 bits per heavy atom. The summed E-state index contributed by atoms with van der Waals surface area (Å²) < 4.78 is 7.38. The lowest BCUT2D eigenvalue weighted by molar-refractivity contribution is 0.159. The van der Waals surface area contributed by atoms with E-state index in [1.165, 1.54) is 0 Å². The number of benzene rings is 1. The second-order valence-corrected chi connectivity index (χ2v) is 6.93. The molecule has 0 spiro atoms. The minimum absolute atomic E-state index is 0.415. The first kappa shape index (κ1) is 18.2. The number of nitrogens with zero attached hydrogens (tertiary/aromatic N) is 3. The quantitative estimate of drug-likeness (QED) is 0.608. The summed E-state index contributed by atoms with van der Waals surface area (Å²) in [5, 5.41) is 3.80. The highest BCUT2D eigenvalue weighted by molar-refractivity contribution is 6.08. The number of rotatable bonds is 7. The van der Waals surface area contributed by atoms with Crippen molar-refractivity contribution in [3.05, 3.63) is 30.6 Å². The smallest absolute Gasteiger partial charge is 0.412 e. The molecular weight excluding hydrogens is 328 g/mol. The molecule has 2 heterocycles. The summed E-state index contributed by atoms with van der Waals surface area (Å²) in [5.74, 6) is 0.931. The molecule has 0 aliphatic heterocycles. The van der Waals surface area contributed by atoms with Crippen LogP contribution in [0.5, 0.6) is 0 Å². The SMILES string of the molecule is CCCCCOC(=O)Nc1nc2ccccc2c2c1ncn2CC(C)C. The third-order valence-corrected chi connectivity index (χ3v) is 4.22. The lowest BCUT2D eigenvalue weighted by Gasteiger charge is -2.11. The van der Waals surface area contributed by atoms with Crippen LogP contribution in [-0.2, 0) is 11.3 Å². The number of ether oxygens (including phenoxy) is 1. The fraction of sp³-hybridized carbons (Fsp3) is 0.450. The number of carbonyl (C=O) groups is 1. The minimum atomic E-state index is -0.483. The van der Waals surface area contributed by atoms with E-state index < -0.39 is 6.09 Å². The molecule has 0 saturated carbocycles. The predicted octanol–water partition coefficient (Wildman–Crippen LogP) is 4.98. The normalized spacial score (nSPS) is 11.4. The molecule has 6 nitrogen and oxygen atoms in total. The van der Waals surface area contributed by atoms with Crippen molar-refractivity contribution in [2.45, 2.75) is 46.6 Å². The van der Waals surface area contributed by atoms with E-state index in [1.807, 2.05) is 30.6 Å². The van der Waals surface area contributed by atoms with Crippen LogP contribution in [0.15, 0.2) is 30.6 Å². The first-order valence-electron chi connectivity index (χ1n) is 9.27. The number of aromatic nitrogens is 3. The number of hydrogen-bond donors (Lipinski definition) is 1. The van der Waals surface area contributed by atoms with Crippen molar-refractivity contribution >= 4 is 33.8 Å². The Bertz CT molecular complexity index is 901. The molecule has 0 aliphatic rings. The van der Waals surface area contributed by atoms with Gasteiger partial charge in [0.15, 0.2) is 5.82 Å². The molecule has 1 aromatic carbocycles. The fourth-order valence-electron chi connectivity index (χ4n) is 3.05. The maximum absolute atomic E-state index is 12.1. The molecule has 3 rings (SSSR count). The highest BCUT2D eigenvalue weighted by atomic mass is 16.5. The van der Waals surface area contributed by atoms with Gasteiger partial charge in [0.05, 0.1) is 24.0 Å². The lowest BCUT2D eigenvalue weighted by atomic mass is 10.1. The summed E-state index contributed by atoms with van der Waals surface area (Å²) in [4.78, 5) is 21.2. The number of amides is 1. The van der Waals surface area contributed by atoms with Crippen molar-refractivity contribution in [3.8, 4) is 0 Å². The zero-order valence-corrected chi connectivity index (χ0v) is 15.7. The molecule has 6 heteroatoms. The van der Waals surface area contributed by atoms with E-state index in [2.05, 4.69) is 40.6 Å². The highest BCUT2D eigenvalue weighted by Gasteiger charge is 2.16. The predicted molar refractivity (Wildman–Crippen MR) is 104 cm³/mol. The molecule has 2 aromatic heterocycles. The van der Waals surface area contributed by atoms with Gasteiger partial charge in [0.25, 0.3) is 0 Å². The molecule has 1 amide bonds. The Hall–Kier alpha value is -2.63. The standard InChI is InChI=1S/C20H26N4O2/c1-4-5-8-11-26-20(25)23-19-17-18(24(13-21-17)12-14(2)3)15-9-6-7-10-16(15)22-19/h6-7,9-10,13-14H,4-5,8,11-12H2,1-3H3,(H,22,23,25). The second-order valence-electron chi connectivity index (χ2n) is 6.93. The van der Waals surface area contributed by atoms with Gasteiger partial charge in [-0.25, -0.2) is 14.8 Å². The molecule has 0 unspecified atom stereocenters. The molecule has 3 aromatic rings. The summed E-state index contributed by atoms with van der Waals surface area (Å²) in [6.07, 6.45) is 4.34. The van der Waals surface area contributed by atoms with Crippen LogP contribution in [0.25, 0.3) is 21.9 Å². The molecular formula is C20H26N4O2. The first-order chi connectivity index (χ1) is 12.6. The van der Waals surface area contributed by atoms with Crippen molar-refractivity contribution in [1.82, 2.24) is 14.5 Å². The Morgan fingerprint density at radius 2 is 2.08 bits per heavy atom. The monoisotopic (exact) mass is 354 g/mol. The van der Waals surface area contributed by atoms with E-state index in [-0.39, 0.29) is 0 Å². The van der Waals surface area contributed by atoms with E-state index in [9.17, 15) is 4.79 Å². The highest BCUT2D eigenvalue weighted by Crippen LogP contribution is 2.29. The molecule has 0 atom stereocenters. The van der Waals surface area contributed by atoms with Crippen molar-refractivity contribution < 1.29 is 9.53 Å². The number of fused-ring (bicyclic) bond motifs is 3. The van der Waals surface area contributed by atoms with E-state index in [1.54, 1.807) is 0 Å². The van der Waals surface area contributed by atoms with Gasteiger partial charge in [0, 0.05) is 11.9 Å². The van der Waals surface area contributed by atoms with E-state index >= 15 is 0 Å². The number of imidazole rings is 1. The van der Waals surface area contributed by atoms with Crippen molar-refractivity contribution in [2.24, 2.45) is 5.92 Å². The number of hydrogen-bond acceptors (Lipinski definition) is 4. The molecule has 0 bridgehead atoms. The Kier molecular flexibility index (Phi) is 5.71. The number of anilines is 1. The van der Waals surface area contributed by atoms with Crippen LogP contribution in [0.1, 0.15) is 40.0 Å². The van der Waals surface area contributed by atoms with Crippen LogP contribution >= 0.6 is 0 Å². The largest absolute Gasteiger partial charge is 0.449 e. The first-order valence-corrected chi connectivity index (χ1v) is 9.27. The van der Waals surface area contributed by atoms with E-state index in [0.717, 1.165) is 42.2 Å². The van der Waals surface area contributed by atoms with Crippen LogP contribution in [0.3, 0.4) is 0 Å². The van der Waals surface area contributed by atoms with Crippen LogP contribution < -0.4 is 5.32 Å². The zero-order valence-electron chi connectivity index (χ0n) is 15.7. The average Bonchev–Trinajstić information content (AvgIpc) is 3.02. The summed E-state index contributed by atoms with van der Waals surface area (Å²) in [6, 6.07) is 7.91. The number of para-hydroxylation sites is 1. The van der Waals surface area contributed by atoms with Crippen LogP contribution in [0, 0.1) is 5.92 Å². The maximum atomic E-state index is 12.1. The van der Waals surface area contributed by atoms with Crippen molar-refractivity contribution in [1.29, 1.82) is 0 Å². The van der Waals surface area contributed by atoms with Crippen molar-refractivity contribution in [3.63, 3.8) is 0 Å². The molecule has 26 heavy (non-hydrogen) atoms. The average molecular weight is 354 g/mol. The molecule has 0 aliphatic carbocycles. The summed E-state index contributed by atoms with van der Waals surface area (Å²) >= 11 is 0. The summed E-state index contributed by atoms with van der Waals surface area (Å²) in [5.41, 5.74) is 2.51. The van der Waals surface area contributed by atoms with Crippen LogP contribution in [0.4, 0.5) is 10.6 Å². The van der Waals surface area contributed by atoms with Gasteiger partial charge in [0.2, 0.25) is 0 Å². The fourth-order valence-corrected chi connectivity index (χ4v) is 3.05. The van der Waals surface area contributed by atoms with Gasteiger partial charge >= 0.3 is 6.09 Å². The topological polar surface area (TPSA) is 69.0 Å². The molecule has 0 fully saturated rings. The maximum Gasteiger partial charge on any atom is 0.412 e. The Morgan fingerprint density at radius 1 is 1.27 bits per heavy atom. The number of carbonyl (C=O) groups excluding carboxylic acids is 1. The number of pyridine rings is 1. The zero-order chi connectivity index (χ0) is 18.5. The van der Waals surface area contributed by atoms with Gasteiger partial charge in [-0.1, -0.05) is 51.8 Å². The van der Waals surface area contributed by atoms with Gasteiger partial charge in [-0.05, 0) is 18.4 Å². The third kappa shape index (κ3) is 3.95. The number of nitrogens with one attached hydrogen (secondary N) is 1.